The first kappa shape index (κ1) is 13.1. The third-order valence-electron chi connectivity index (χ3n) is 2.43. The monoisotopic (exact) mass is 320 g/mol. The minimum absolute atomic E-state index is 0.239. The van der Waals surface area contributed by atoms with Crippen molar-refractivity contribution in [2.24, 2.45) is 0 Å². The summed E-state index contributed by atoms with van der Waals surface area (Å²) in [5.74, 6) is -0.543. The maximum absolute atomic E-state index is 12.1. The number of nitrogens with zero attached hydrogens (tertiary/aromatic N) is 1. The van der Waals surface area contributed by atoms with Crippen LogP contribution in [-0.2, 0) is 0 Å². The summed E-state index contributed by atoms with van der Waals surface area (Å²) in [7, 11) is 0. The molecular weight excluding hydrogens is 313 g/mol. The van der Waals surface area contributed by atoms with E-state index in [0.29, 0.717) is 15.5 Å². The fraction of sp³-hybridized carbons (Fsp3) is 0.273. The Morgan fingerprint density at radius 2 is 2.17 bits per heavy atom. The second-order valence-electron chi connectivity index (χ2n) is 3.79. The molecule has 2 rings (SSSR count). The molecule has 0 aromatic carbocycles. The van der Waals surface area contributed by atoms with Gasteiger partial charge in [-0.15, -0.1) is 0 Å². The quantitative estimate of drug-likeness (QED) is 0.873. The average molecular weight is 321 g/mol. The molecule has 3 nitrogen and oxygen atoms in total. The second kappa shape index (κ2) is 4.72. The molecule has 0 amide bonds. The van der Waals surface area contributed by atoms with Crippen molar-refractivity contribution in [1.82, 2.24) is 9.97 Å². The molecule has 0 aliphatic rings. The number of H-pyrrole nitrogens is 1. The van der Waals surface area contributed by atoms with E-state index >= 15 is 0 Å². The molecule has 7 heteroatoms. The number of hydrogen-bond donors (Lipinski definition) is 1. The van der Waals surface area contributed by atoms with E-state index < -0.39 is 24.8 Å². The van der Waals surface area contributed by atoms with Crippen LogP contribution in [0.25, 0.3) is 11.0 Å². The predicted molar refractivity (Wildman–Crippen MR) is 63.4 cm³/mol. The van der Waals surface area contributed by atoms with Crippen LogP contribution in [-0.4, -0.2) is 21.9 Å². The van der Waals surface area contributed by atoms with Crippen LogP contribution in [0.15, 0.2) is 22.9 Å². The highest BCUT2D eigenvalue weighted by molar-refractivity contribution is 9.10. The molecule has 2 heterocycles. The van der Waals surface area contributed by atoms with E-state index in [1.807, 2.05) is 0 Å². The molecule has 0 saturated heterocycles. The fourth-order valence-corrected chi connectivity index (χ4v) is 1.93. The van der Waals surface area contributed by atoms with Crippen molar-refractivity contribution in [3.63, 3.8) is 0 Å². The third kappa shape index (κ3) is 2.90. The summed E-state index contributed by atoms with van der Waals surface area (Å²) in [5, 5.41) is 0.525. The van der Waals surface area contributed by atoms with Gasteiger partial charge in [-0.2, -0.15) is 13.2 Å². The van der Waals surface area contributed by atoms with Gasteiger partial charge in [0.05, 0.1) is 6.42 Å². The molecule has 18 heavy (non-hydrogen) atoms. The van der Waals surface area contributed by atoms with E-state index in [2.05, 4.69) is 25.9 Å². The standard InChI is InChI=1S/C11H8BrF3N2O/c12-6-3-7-8(5-17-10(7)16-4-6)9(18)1-2-11(13,14)15/h3-5H,1-2H2,(H,16,17). The van der Waals surface area contributed by atoms with Crippen molar-refractivity contribution in [2.75, 3.05) is 0 Å². The number of nitrogens with one attached hydrogen (secondary N) is 1. The molecule has 1 N–H and O–H groups in total. The van der Waals surface area contributed by atoms with E-state index in [4.69, 9.17) is 0 Å². The van der Waals surface area contributed by atoms with Gasteiger partial charge >= 0.3 is 6.18 Å². The SMILES string of the molecule is O=C(CCC(F)(F)F)c1c[nH]c2ncc(Br)cc12. The van der Waals surface area contributed by atoms with Gasteiger partial charge in [-0.3, -0.25) is 4.79 Å². The molecule has 0 saturated carbocycles. The molecule has 0 atom stereocenters. The number of Topliss-reactive ketones (excluding diaryl/α,β-unsaturated/α-hetero) is 1. The molecule has 0 aliphatic heterocycles. The highest BCUT2D eigenvalue weighted by atomic mass is 79.9. The van der Waals surface area contributed by atoms with Crippen LogP contribution >= 0.6 is 15.9 Å². The van der Waals surface area contributed by atoms with Gasteiger partial charge in [-0.25, -0.2) is 4.98 Å². The van der Waals surface area contributed by atoms with E-state index in [9.17, 15) is 18.0 Å². The maximum atomic E-state index is 12.1. The average Bonchev–Trinajstić information content (AvgIpc) is 2.67. The Balaban J connectivity index is 2.25. The van der Waals surface area contributed by atoms with E-state index in [-0.39, 0.29) is 5.56 Å². The maximum Gasteiger partial charge on any atom is 0.389 e. The molecule has 96 valence electrons. The summed E-state index contributed by atoms with van der Waals surface area (Å²) in [6.07, 6.45) is -3.05. The number of pyridine rings is 1. The Hall–Kier alpha value is -1.37. The van der Waals surface area contributed by atoms with E-state index in [1.165, 1.54) is 6.20 Å². The van der Waals surface area contributed by atoms with Gasteiger partial charge in [-0.1, -0.05) is 0 Å². The summed E-state index contributed by atoms with van der Waals surface area (Å²) in [6.45, 7) is 0. The number of carbonyl (C=O) groups is 1. The smallest absolute Gasteiger partial charge is 0.345 e. The van der Waals surface area contributed by atoms with Gasteiger partial charge in [0, 0.05) is 34.2 Å². The molecule has 0 spiro atoms. The van der Waals surface area contributed by atoms with Crippen LogP contribution in [0.2, 0.25) is 0 Å². The van der Waals surface area contributed by atoms with E-state index in [0.717, 1.165) is 0 Å². The summed E-state index contributed by atoms with van der Waals surface area (Å²) in [6, 6.07) is 1.65. The van der Waals surface area contributed by atoms with Crippen molar-refractivity contribution < 1.29 is 18.0 Å². The Morgan fingerprint density at radius 3 is 2.83 bits per heavy atom. The van der Waals surface area contributed by atoms with Crippen LogP contribution < -0.4 is 0 Å². The minimum atomic E-state index is -4.32. The zero-order valence-corrected chi connectivity index (χ0v) is 10.6. The predicted octanol–water partition coefficient (Wildman–Crippen LogP) is 3.85. The topological polar surface area (TPSA) is 45.8 Å². The second-order valence-corrected chi connectivity index (χ2v) is 4.71. The number of alkyl halides is 3. The Morgan fingerprint density at radius 1 is 1.44 bits per heavy atom. The normalized spacial score (nSPS) is 12.0. The van der Waals surface area contributed by atoms with Crippen LogP contribution in [0, 0.1) is 0 Å². The Labute approximate surface area is 109 Å². The fourth-order valence-electron chi connectivity index (χ4n) is 1.60. The summed E-state index contributed by atoms with van der Waals surface area (Å²) in [4.78, 5) is 18.5. The largest absolute Gasteiger partial charge is 0.389 e. The molecule has 0 bridgehead atoms. The minimum Gasteiger partial charge on any atom is -0.345 e. The van der Waals surface area contributed by atoms with Crippen molar-refractivity contribution >= 4 is 32.7 Å². The Bertz CT molecular complexity index is 591. The van der Waals surface area contributed by atoms with E-state index in [1.54, 1.807) is 12.3 Å². The van der Waals surface area contributed by atoms with Gasteiger partial charge in [0.25, 0.3) is 0 Å². The molecular formula is C11H8BrF3N2O. The first-order valence-electron chi connectivity index (χ1n) is 5.09. The molecule has 2 aromatic rings. The number of carbonyl (C=O) groups excluding carboxylic acids is 1. The van der Waals surface area contributed by atoms with Gasteiger partial charge in [-0.05, 0) is 22.0 Å². The Kier molecular flexibility index (Phi) is 3.43. The number of rotatable bonds is 3. The summed E-state index contributed by atoms with van der Waals surface area (Å²) < 4.78 is 36.8. The number of fused-ring (bicyclic) bond motifs is 1. The van der Waals surface area contributed by atoms with Gasteiger partial charge in [0.15, 0.2) is 5.78 Å². The van der Waals surface area contributed by atoms with Crippen molar-refractivity contribution in [3.05, 3.63) is 28.5 Å². The lowest BCUT2D eigenvalue weighted by Gasteiger charge is -2.04. The molecule has 0 aliphatic carbocycles. The highest BCUT2D eigenvalue weighted by Gasteiger charge is 2.28. The lowest BCUT2D eigenvalue weighted by atomic mass is 10.1. The van der Waals surface area contributed by atoms with Gasteiger partial charge in [0.2, 0.25) is 0 Å². The first-order valence-corrected chi connectivity index (χ1v) is 5.89. The van der Waals surface area contributed by atoms with Gasteiger partial charge in [0.1, 0.15) is 5.65 Å². The van der Waals surface area contributed by atoms with Crippen LogP contribution in [0.1, 0.15) is 23.2 Å². The molecule has 2 aromatic heterocycles. The highest BCUT2D eigenvalue weighted by Crippen LogP contribution is 2.25. The molecule has 0 unspecified atom stereocenters. The zero-order valence-electron chi connectivity index (χ0n) is 9.01. The zero-order chi connectivity index (χ0) is 13.3. The molecule has 0 fully saturated rings. The van der Waals surface area contributed by atoms with Crippen LogP contribution in [0.3, 0.4) is 0 Å². The number of halogens is 4. The number of ketones is 1. The lowest BCUT2D eigenvalue weighted by molar-refractivity contribution is -0.133. The number of aromatic nitrogens is 2. The van der Waals surface area contributed by atoms with Crippen molar-refractivity contribution in [1.29, 1.82) is 0 Å². The van der Waals surface area contributed by atoms with Gasteiger partial charge < -0.3 is 4.98 Å². The van der Waals surface area contributed by atoms with Crippen LogP contribution in [0.4, 0.5) is 13.2 Å². The summed E-state index contributed by atoms with van der Waals surface area (Å²) >= 11 is 3.20. The number of aromatic amines is 1. The molecule has 0 radical (unpaired) electrons. The first-order chi connectivity index (χ1) is 8.37. The van der Waals surface area contributed by atoms with Crippen molar-refractivity contribution in [2.45, 2.75) is 19.0 Å². The summed E-state index contributed by atoms with van der Waals surface area (Å²) in [5.41, 5.74) is 0.719. The number of hydrogen-bond acceptors (Lipinski definition) is 2. The lowest BCUT2D eigenvalue weighted by Crippen LogP contribution is -2.10. The third-order valence-corrected chi connectivity index (χ3v) is 2.87. The van der Waals surface area contributed by atoms with Crippen LogP contribution in [0.5, 0.6) is 0 Å². The van der Waals surface area contributed by atoms with Crippen molar-refractivity contribution in [3.8, 4) is 0 Å².